The van der Waals surface area contributed by atoms with E-state index in [4.69, 9.17) is 10.2 Å². The Balaban J connectivity index is 3.86. The normalized spacial score (nSPS) is 12.8. The van der Waals surface area contributed by atoms with E-state index in [-0.39, 0.29) is 25.5 Å². The third kappa shape index (κ3) is 10.9. The van der Waals surface area contributed by atoms with Crippen LogP contribution in [0, 0.1) is 0 Å². The van der Waals surface area contributed by atoms with E-state index >= 15 is 0 Å². The molecular weight excluding hydrogens is 276 g/mol. The zero-order chi connectivity index (χ0) is 16.1. The van der Waals surface area contributed by atoms with Crippen LogP contribution < -0.4 is 5.32 Å². The number of nitrogens with zero attached hydrogens (tertiary/aromatic N) is 1. The van der Waals surface area contributed by atoms with Gasteiger partial charge in [0.25, 0.3) is 0 Å². The zero-order valence-electron chi connectivity index (χ0n) is 12.5. The van der Waals surface area contributed by atoms with Gasteiger partial charge in [-0.1, -0.05) is 12.2 Å². The van der Waals surface area contributed by atoms with Crippen molar-refractivity contribution in [3.8, 4) is 0 Å². The van der Waals surface area contributed by atoms with E-state index in [9.17, 15) is 14.7 Å². The van der Waals surface area contributed by atoms with Gasteiger partial charge in [0, 0.05) is 19.5 Å². The highest BCUT2D eigenvalue weighted by atomic mass is 16.4. The van der Waals surface area contributed by atoms with Gasteiger partial charge in [-0.25, -0.2) is 0 Å². The molecule has 122 valence electrons. The van der Waals surface area contributed by atoms with Crippen LogP contribution in [-0.4, -0.2) is 64.6 Å². The SMILES string of the molecule is C/C=C/CCCCC(=O)NCCN(CC(=O)O)C(O)CO. The minimum absolute atomic E-state index is 0.0933. The lowest BCUT2D eigenvalue weighted by molar-refractivity contribution is -0.142. The van der Waals surface area contributed by atoms with Gasteiger partial charge >= 0.3 is 5.97 Å². The molecule has 4 N–H and O–H groups in total. The van der Waals surface area contributed by atoms with E-state index in [1.165, 1.54) is 4.90 Å². The van der Waals surface area contributed by atoms with Gasteiger partial charge in [-0.15, -0.1) is 0 Å². The molecule has 0 radical (unpaired) electrons. The Kier molecular flexibility index (Phi) is 11.5. The van der Waals surface area contributed by atoms with E-state index in [2.05, 4.69) is 11.4 Å². The highest BCUT2D eigenvalue weighted by molar-refractivity contribution is 5.75. The van der Waals surface area contributed by atoms with Crippen molar-refractivity contribution < 1.29 is 24.9 Å². The van der Waals surface area contributed by atoms with Crippen LogP contribution >= 0.6 is 0 Å². The second-order valence-corrected chi connectivity index (χ2v) is 4.69. The molecule has 0 saturated carbocycles. The molecule has 0 rings (SSSR count). The lowest BCUT2D eigenvalue weighted by atomic mass is 10.2. The van der Waals surface area contributed by atoms with Crippen molar-refractivity contribution in [2.45, 2.75) is 38.8 Å². The number of hydrogen-bond acceptors (Lipinski definition) is 5. The van der Waals surface area contributed by atoms with E-state index in [0.717, 1.165) is 19.3 Å². The third-order valence-electron chi connectivity index (χ3n) is 2.90. The average molecular weight is 302 g/mol. The number of allylic oxidation sites excluding steroid dienone is 2. The molecule has 1 unspecified atom stereocenters. The van der Waals surface area contributed by atoms with Crippen LogP contribution in [0.15, 0.2) is 12.2 Å². The maximum atomic E-state index is 11.5. The molecule has 1 atom stereocenters. The number of aliphatic carboxylic acids is 1. The summed E-state index contributed by atoms with van der Waals surface area (Å²) in [4.78, 5) is 23.4. The molecule has 0 aromatic carbocycles. The summed E-state index contributed by atoms with van der Waals surface area (Å²) < 4.78 is 0. The van der Waals surface area contributed by atoms with E-state index in [1.807, 2.05) is 13.0 Å². The first-order chi connectivity index (χ1) is 10.0. The van der Waals surface area contributed by atoms with Gasteiger partial charge in [0.1, 0.15) is 6.23 Å². The first kappa shape index (κ1) is 19.6. The number of aliphatic hydroxyl groups is 2. The number of carboxylic acids is 1. The fraction of sp³-hybridized carbons (Fsp3) is 0.714. The Labute approximate surface area is 125 Å². The monoisotopic (exact) mass is 302 g/mol. The lowest BCUT2D eigenvalue weighted by Gasteiger charge is -2.24. The predicted octanol–water partition coefficient (Wildman–Crippen LogP) is -0.0636. The smallest absolute Gasteiger partial charge is 0.317 e. The quantitative estimate of drug-likeness (QED) is 0.228. The Morgan fingerprint density at radius 3 is 2.62 bits per heavy atom. The number of amides is 1. The zero-order valence-corrected chi connectivity index (χ0v) is 12.5. The summed E-state index contributed by atoms with van der Waals surface area (Å²) in [7, 11) is 0. The Morgan fingerprint density at radius 2 is 2.05 bits per heavy atom. The summed E-state index contributed by atoms with van der Waals surface area (Å²) in [6, 6.07) is 0. The Bertz CT molecular complexity index is 333. The van der Waals surface area contributed by atoms with Crippen molar-refractivity contribution >= 4 is 11.9 Å². The van der Waals surface area contributed by atoms with Gasteiger partial charge in [0.05, 0.1) is 13.2 Å². The van der Waals surface area contributed by atoms with Crippen molar-refractivity contribution in [2.24, 2.45) is 0 Å². The molecule has 0 fully saturated rings. The third-order valence-corrected chi connectivity index (χ3v) is 2.90. The summed E-state index contributed by atoms with van der Waals surface area (Å²) >= 11 is 0. The number of carbonyl (C=O) groups excluding carboxylic acids is 1. The number of carbonyl (C=O) groups is 2. The number of rotatable bonds is 12. The van der Waals surface area contributed by atoms with Crippen LogP contribution in [0.4, 0.5) is 0 Å². The highest BCUT2D eigenvalue weighted by Gasteiger charge is 2.17. The second-order valence-electron chi connectivity index (χ2n) is 4.69. The lowest BCUT2D eigenvalue weighted by Crippen LogP contribution is -2.45. The largest absolute Gasteiger partial charge is 0.480 e. The van der Waals surface area contributed by atoms with Gasteiger partial charge in [0.15, 0.2) is 0 Å². The van der Waals surface area contributed by atoms with Crippen LogP contribution in [0.25, 0.3) is 0 Å². The van der Waals surface area contributed by atoms with E-state index in [1.54, 1.807) is 0 Å². The summed E-state index contributed by atoms with van der Waals surface area (Å²) in [6.45, 7) is 1.42. The number of unbranched alkanes of at least 4 members (excludes halogenated alkanes) is 2. The summed E-state index contributed by atoms with van der Waals surface area (Å²) in [5.41, 5.74) is 0. The summed E-state index contributed by atoms with van der Waals surface area (Å²) in [5.74, 6) is -1.19. The molecule has 0 aromatic heterocycles. The molecule has 7 heteroatoms. The molecule has 0 aliphatic heterocycles. The average Bonchev–Trinajstić information content (AvgIpc) is 2.44. The molecule has 0 heterocycles. The minimum atomic E-state index is -1.24. The van der Waals surface area contributed by atoms with Crippen molar-refractivity contribution in [3.05, 3.63) is 12.2 Å². The van der Waals surface area contributed by atoms with Gasteiger partial charge in [0.2, 0.25) is 5.91 Å². The Morgan fingerprint density at radius 1 is 1.33 bits per heavy atom. The van der Waals surface area contributed by atoms with Gasteiger partial charge < -0.3 is 20.6 Å². The van der Waals surface area contributed by atoms with E-state index < -0.39 is 18.8 Å². The molecule has 0 aliphatic rings. The van der Waals surface area contributed by atoms with Gasteiger partial charge in [-0.3, -0.25) is 14.5 Å². The van der Waals surface area contributed by atoms with Crippen molar-refractivity contribution in [1.29, 1.82) is 0 Å². The Hall–Kier alpha value is -1.44. The standard InChI is InChI=1S/C14H26N2O5/c1-2-3-4-5-6-7-12(18)15-8-9-16(10-14(20)21)13(19)11-17/h2-3,13,17,19H,4-11H2,1H3,(H,15,18)(H,20,21)/b3-2+. The molecule has 0 spiro atoms. The maximum Gasteiger partial charge on any atom is 0.317 e. The molecule has 0 bridgehead atoms. The minimum Gasteiger partial charge on any atom is -0.480 e. The summed E-state index contributed by atoms with van der Waals surface area (Å²) in [5, 5.41) is 29.7. The topological polar surface area (TPSA) is 110 Å². The summed E-state index contributed by atoms with van der Waals surface area (Å²) in [6.07, 6.45) is 5.93. The van der Waals surface area contributed by atoms with Gasteiger partial charge in [-0.2, -0.15) is 0 Å². The second kappa shape index (κ2) is 12.3. The highest BCUT2D eigenvalue weighted by Crippen LogP contribution is 2.00. The fourth-order valence-corrected chi connectivity index (χ4v) is 1.76. The molecule has 0 saturated heterocycles. The maximum absolute atomic E-state index is 11.5. The van der Waals surface area contributed by atoms with Crippen LogP contribution in [0.2, 0.25) is 0 Å². The van der Waals surface area contributed by atoms with Crippen LogP contribution in [-0.2, 0) is 9.59 Å². The van der Waals surface area contributed by atoms with E-state index in [0.29, 0.717) is 6.42 Å². The molecular formula is C14H26N2O5. The molecule has 1 amide bonds. The first-order valence-corrected chi connectivity index (χ1v) is 7.13. The van der Waals surface area contributed by atoms with Crippen molar-refractivity contribution in [2.75, 3.05) is 26.2 Å². The molecule has 0 aliphatic carbocycles. The fourth-order valence-electron chi connectivity index (χ4n) is 1.76. The predicted molar refractivity (Wildman–Crippen MR) is 78.6 cm³/mol. The number of hydrogen-bond donors (Lipinski definition) is 4. The number of carboxylic acid groups (broad SMARTS) is 1. The van der Waals surface area contributed by atoms with Gasteiger partial charge in [-0.05, 0) is 26.2 Å². The van der Waals surface area contributed by atoms with Crippen LogP contribution in [0.1, 0.15) is 32.6 Å². The molecule has 21 heavy (non-hydrogen) atoms. The van der Waals surface area contributed by atoms with Crippen LogP contribution in [0.3, 0.4) is 0 Å². The van der Waals surface area contributed by atoms with Crippen molar-refractivity contribution in [1.82, 2.24) is 10.2 Å². The number of nitrogens with one attached hydrogen (secondary N) is 1. The molecule has 7 nitrogen and oxygen atoms in total. The molecule has 0 aromatic rings. The first-order valence-electron chi connectivity index (χ1n) is 7.13. The van der Waals surface area contributed by atoms with Crippen molar-refractivity contribution in [3.63, 3.8) is 0 Å². The number of aliphatic hydroxyl groups excluding tert-OH is 2. The van der Waals surface area contributed by atoms with Crippen LogP contribution in [0.5, 0.6) is 0 Å².